The standard InChI is InChI=1S/C13H25NO/c1-2-4-12-5-3-7-13(8-6-12)11-14-9-10-15-13/h12,14H,2-11H2,1H3. The Balaban J connectivity index is 1.87. The van der Waals surface area contributed by atoms with Crippen LogP contribution in [0, 0.1) is 5.92 Å². The van der Waals surface area contributed by atoms with Crippen molar-refractivity contribution in [2.45, 2.75) is 57.5 Å². The molecule has 0 aromatic heterocycles. The molecular weight excluding hydrogens is 186 g/mol. The Morgan fingerprint density at radius 2 is 2.27 bits per heavy atom. The fourth-order valence-electron chi connectivity index (χ4n) is 3.17. The monoisotopic (exact) mass is 211 g/mol. The number of morpholine rings is 1. The number of hydrogen-bond donors (Lipinski definition) is 1. The van der Waals surface area contributed by atoms with Gasteiger partial charge in [0.25, 0.3) is 0 Å². The lowest BCUT2D eigenvalue weighted by molar-refractivity contribution is -0.0756. The Kier molecular flexibility index (Phi) is 4.04. The third kappa shape index (κ3) is 2.94. The molecule has 88 valence electrons. The first kappa shape index (κ1) is 11.4. The molecule has 2 nitrogen and oxygen atoms in total. The first-order valence-electron chi connectivity index (χ1n) is 6.69. The average Bonchev–Trinajstić information content (AvgIpc) is 2.44. The van der Waals surface area contributed by atoms with Crippen LogP contribution in [0.3, 0.4) is 0 Å². The molecule has 15 heavy (non-hydrogen) atoms. The topological polar surface area (TPSA) is 21.3 Å². The fraction of sp³-hybridized carbons (Fsp3) is 1.00. The van der Waals surface area contributed by atoms with Crippen LogP contribution < -0.4 is 5.32 Å². The van der Waals surface area contributed by atoms with Crippen LogP contribution in [0.1, 0.15) is 51.9 Å². The summed E-state index contributed by atoms with van der Waals surface area (Å²) in [5.41, 5.74) is 0.209. The molecule has 2 atom stereocenters. The van der Waals surface area contributed by atoms with Crippen molar-refractivity contribution in [1.29, 1.82) is 0 Å². The predicted octanol–water partition coefficient (Wildman–Crippen LogP) is 2.73. The summed E-state index contributed by atoms with van der Waals surface area (Å²) in [6.07, 6.45) is 9.51. The first-order chi connectivity index (χ1) is 7.35. The summed E-state index contributed by atoms with van der Waals surface area (Å²) in [5, 5.41) is 3.49. The van der Waals surface area contributed by atoms with Gasteiger partial charge in [0, 0.05) is 13.1 Å². The van der Waals surface area contributed by atoms with Crippen molar-refractivity contribution in [3.63, 3.8) is 0 Å². The van der Waals surface area contributed by atoms with Gasteiger partial charge in [0.2, 0.25) is 0 Å². The Morgan fingerprint density at radius 1 is 1.33 bits per heavy atom. The summed E-state index contributed by atoms with van der Waals surface area (Å²) >= 11 is 0. The molecule has 0 radical (unpaired) electrons. The quantitative estimate of drug-likeness (QED) is 0.758. The van der Waals surface area contributed by atoms with E-state index in [-0.39, 0.29) is 5.60 Å². The maximum atomic E-state index is 6.05. The predicted molar refractivity (Wildman–Crippen MR) is 63.0 cm³/mol. The molecule has 0 aromatic rings. The minimum atomic E-state index is 0.209. The van der Waals surface area contributed by atoms with Gasteiger partial charge >= 0.3 is 0 Å². The summed E-state index contributed by atoms with van der Waals surface area (Å²) < 4.78 is 6.05. The van der Waals surface area contributed by atoms with Crippen molar-refractivity contribution in [2.24, 2.45) is 5.92 Å². The molecule has 2 heteroatoms. The fourth-order valence-corrected chi connectivity index (χ4v) is 3.17. The number of rotatable bonds is 2. The summed E-state index contributed by atoms with van der Waals surface area (Å²) in [7, 11) is 0. The molecule has 1 N–H and O–H groups in total. The molecule has 2 rings (SSSR count). The highest BCUT2D eigenvalue weighted by molar-refractivity contribution is 4.89. The molecule has 2 aliphatic rings. The second kappa shape index (κ2) is 5.31. The molecule has 2 fully saturated rings. The SMILES string of the molecule is CCCC1CCCC2(CC1)CNCCO2. The molecule has 0 aromatic carbocycles. The third-order valence-corrected chi connectivity index (χ3v) is 4.08. The van der Waals surface area contributed by atoms with Gasteiger partial charge in [-0.15, -0.1) is 0 Å². The van der Waals surface area contributed by atoms with Crippen LogP contribution in [0.25, 0.3) is 0 Å². The van der Waals surface area contributed by atoms with Crippen LogP contribution >= 0.6 is 0 Å². The molecule has 2 unspecified atom stereocenters. The zero-order valence-electron chi connectivity index (χ0n) is 10.1. The maximum Gasteiger partial charge on any atom is 0.0807 e. The number of nitrogens with one attached hydrogen (secondary N) is 1. The summed E-state index contributed by atoms with van der Waals surface area (Å²) in [5.74, 6) is 0.972. The Labute approximate surface area is 93.8 Å². The normalized spacial score (nSPS) is 37.8. The average molecular weight is 211 g/mol. The Hall–Kier alpha value is -0.0800. The van der Waals surface area contributed by atoms with Gasteiger partial charge in [0.1, 0.15) is 0 Å². The van der Waals surface area contributed by atoms with E-state index in [9.17, 15) is 0 Å². The zero-order chi connectivity index (χ0) is 10.6. The van der Waals surface area contributed by atoms with Crippen LogP contribution in [-0.4, -0.2) is 25.3 Å². The van der Waals surface area contributed by atoms with Crippen molar-refractivity contribution in [3.05, 3.63) is 0 Å². The minimum Gasteiger partial charge on any atom is -0.372 e. The van der Waals surface area contributed by atoms with E-state index in [4.69, 9.17) is 4.74 Å². The summed E-state index contributed by atoms with van der Waals surface area (Å²) in [6.45, 7) is 5.35. The summed E-state index contributed by atoms with van der Waals surface area (Å²) in [6, 6.07) is 0. The molecule has 1 aliphatic heterocycles. The molecule has 1 saturated heterocycles. The van der Waals surface area contributed by atoms with E-state index in [1.54, 1.807) is 0 Å². The van der Waals surface area contributed by atoms with E-state index in [0.717, 1.165) is 25.6 Å². The van der Waals surface area contributed by atoms with E-state index in [2.05, 4.69) is 12.2 Å². The molecule has 1 heterocycles. The van der Waals surface area contributed by atoms with E-state index in [0.29, 0.717) is 0 Å². The highest BCUT2D eigenvalue weighted by Crippen LogP contribution is 2.35. The molecule has 1 saturated carbocycles. The number of hydrogen-bond acceptors (Lipinski definition) is 2. The van der Waals surface area contributed by atoms with E-state index < -0.39 is 0 Å². The first-order valence-corrected chi connectivity index (χ1v) is 6.69. The molecular formula is C13H25NO. The smallest absolute Gasteiger partial charge is 0.0807 e. The van der Waals surface area contributed by atoms with Gasteiger partial charge in [-0.25, -0.2) is 0 Å². The van der Waals surface area contributed by atoms with Crippen molar-refractivity contribution in [2.75, 3.05) is 19.7 Å². The molecule has 1 spiro atoms. The minimum absolute atomic E-state index is 0.209. The lowest BCUT2D eigenvalue weighted by atomic mass is 9.91. The lowest BCUT2D eigenvalue weighted by Crippen LogP contribution is -2.49. The van der Waals surface area contributed by atoms with Gasteiger partial charge in [0.15, 0.2) is 0 Å². The Bertz CT molecular complexity index is 187. The van der Waals surface area contributed by atoms with Gasteiger partial charge in [-0.3, -0.25) is 0 Å². The largest absolute Gasteiger partial charge is 0.372 e. The molecule has 0 amide bonds. The van der Waals surface area contributed by atoms with Crippen LogP contribution in [0.2, 0.25) is 0 Å². The highest BCUT2D eigenvalue weighted by Gasteiger charge is 2.35. The highest BCUT2D eigenvalue weighted by atomic mass is 16.5. The van der Waals surface area contributed by atoms with Crippen LogP contribution in [-0.2, 0) is 4.74 Å². The van der Waals surface area contributed by atoms with Crippen molar-refractivity contribution >= 4 is 0 Å². The van der Waals surface area contributed by atoms with E-state index in [1.165, 1.54) is 44.9 Å². The van der Waals surface area contributed by atoms with E-state index >= 15 is 0 Å². The van der Waals surface area contributed by atoms with Gasteiger partial charge < -0.3 is 10.1 Å². The summed E-state index contributed by atoms with van der Waals surface area (Å²) in [4.78, 5) is 0. The lowest BCUT2D eigenvalue weighted by Gasteiger charge is -2.37. The zero-order valence-corrected chi connectivity index (χ0v) is 10.1. The van der Waals surface area contributed by atoms with Gasteiger partial charge in [-0.05, 0) is 25.2 Å². The second-order valence-corrected chi connectivity index (χ2v) is 5.29. The molecule has 1 aliphatic carbocycles. The molecule has 0 bridgehead atoms. The van der Waals surface area contributed by atoms with E-state index in [1.807, 2.05) is 0 Å². The van der Waals surface area contributed by atoms with Crippen molar-refractivity contribution in [1.82, 2.24) is 5.32 Å². The van der Waals surface area contributed by atoms with Crippen molar-refractivity contribution < 1.29 is 4.74 Å². The second-order valence-electron chi connectivity index (χ2n) is 5.29. The van der Waals surface area contributed by atoms with Gasteiger partial charge in [-0.2, -0.15) is 0 Å². The third-order valence-electron chi connectivity index (χ3n) is 4.08. The van der Waals surface area contributed by atoms with Crippen LogP contribution in [0.5, 0.6) is 0 Å². The van der Waals surface area contributed by atoms with Crippen LogP contribution in [0.15, 0.2) is 0 Å². The number of ether oxygens (including phenoxy) is 1. The van der Waals surface area contributed by atoms with Gasteiger partial charge in [0.05, 0.1) is 12.2 Å². The van der Waals surface area contributed by atoms with Crippen molar-refractivity contribution in [3.8, 4) is 0 Å². The van der Waals surface area contributed by atoms with Gasteiger partial charge in [-0.1, -0.05) is 32.6 Å². The maximum absolute atomic E-state index is 6.05. The Morgan fingerprint density at radius 3 is 3.00 bits per heavy atom. The van der Waals surface area contributed by atoms with Crippen LogP contribution in [0.4, 0.5) is 0 Å².